The molecule has 1 fully saturated rings. The second kappa shape index (κ2) is 11.1. The van der Waals surface area contributed by atoms with Crippen LogP contribution in [-0.4, -0.2) is 25.8 Å². The Kier molecular flexibility index (Phi) is 7.77. The molecule has 3 aromatic rings. The molecule has 0 heterocycles. The van der Waals surface area contributed by atoms with Crippen molar-refractivity contribution < 1.29 is 18.7 Å². The number of carbonyl (C=O) groups excluding carboxylic acids is 1. The smallest absolute Gasteiger partial charge is 0.310 e. The lowest BCUT2D eigenvalue weighted by atomic mass is 9.94. The SMILES string of the molecule is COC(=O)Cc1ccccc1OCc1cc(NCC2CC2)c(C=N)c(-c2cccc(CN)c2F)c1. The van der Waals surface area contributed by atoms with Gasteiger partial charge in [-0.1, -0.05) is 36.4 Å². The van der Waals surface area contributed by atoms with Crippen LogP contribution in [0, 0.1) is 17.1 Å². The highest BCUT2D eigenvalue weighted by Crippen LogP contribution is 2.35. The third-order valence-electron chi connectivity index (χ3n) is 6.18. The second-order valence-electron chi connectivity index (χ2n) is 8.71. The number of para-hydroxylation sites is 1. The molecule has 3 aromatic carbocycles. The van der Waals surface area contributed by atoms with Crippen LogP contribution in [0.25, 0.3) is 11.1 Å². The third kappa shape index (κ3) is 5.87. The molecule has 1 aliphatic rings. The van der Waals surface area contributed by atoms with Gasteiger partial charge in [0.05, 0.1) is 13.5 Å². The fourth-order valence-corrected chi connectivity index (χ4v) is 4.02. The summed E-state index contributed by atoms with van der Waals surface area (Å²) in [6.45, 7) is 1.10. The Morgan fingerprint density at radius 2 is 1.91 bits per heavy atom. The molecular weight excluding hydrogens is 445 g/mol. The van der Waals surface area contributed by atoms with E-state index >= 15 is 4.39 Å². The Labute approximate surface area is 204 Å². The number of anilines is 1. The summed E-state index contributed by atoms with van der Waals surface area (Å²) in [5, 5.41) is 11.5. The first kappa shape index (κ1) is 24.4. The van der Waals surface area contributed by atoms with E-state index in [1.807, 2.05) is 36.4 Å². The molecule has 0 aliphatic heterocycles. The molecule has 1 saturated carbocycles. The van der Waals surface area contributed by atoms with Crippen molar-refractivity contribution in [3.05, 3.63) is 82.7 Å². The van der Waals surface area contributed by atoms with Gasteiger partial charge in [-0.2, -0.15) is 0 Å². The minimum absolute atomic E-state index is 0.0894. The van der Waals surface area contributed by atoms with Gasteiger partial charge in [0.1, 0.15) is 18.2 Å². The van der Waals surface area contributed by atoms with E-state index in [-0.39, 0.29) is 31.4 Å². The van der Waals surface area contributed by atoms with Crippen LogP contribution in [0.4, 0.5) is 10.1 Å². The molecule has 0 unspecified atom stereocenters. The van der Waals surface area contributed by atoms with Gasteiger partial charge in [0.15, 0.2) is 0 Å². The average molecular weight is 476 g/mol. The monoisotopic (exact) mass is 475 g/mol. The molecule has 0 bridgehead atoms. The third-order valence-corrected chi connectivity index (χ3v) is 6.18. The number of benzene rings is 3. The number of halogens is 1. The number of esters is 1. The molecule has 0 saturated heterocycles. The Morgan fingerprint density at radius 3 is 2.63 bits per heavy atom. The predicted octanol–water partition coefficient (Wildman–Crippen LogP) is 5.07. The number of nitrogens with one attached hydrogen (secondary N) is 2. The highest BCUT2D eigenvalue weighted by Gasteiger charge is 2.22. The Morgan fingerprint density at radius 1 is 1.14 bits per heavy atom. The lowest BCUT2D eigenvalue weighted by molar-refractivity contribution is -0.139. The van der Waals surface area contributed by atoms with Crippen LogP contribution in [0.5, 0.6) is 5.75 Å². The van der Waals surface area contributed by atoms with Crippen LogP contribution in [0.15, 0.2) is 54.6 Å². The molecule has 35 heavy (non-hydrogen) atoms. The zero-order valence-corrected chi connectivity index (χ0v) is 19.8. The summed E-state index contributed by atoms with van der Waals surface area (Å²) in [6.07, 6.45) is 3.74. The van der Waals surface area contributed by atoms with E-state index in [0.717, 1.165) is 23.4 Å². The molecule has 1 aliphatic carbocycles. The van der Waals surface area contributed by atoms with E-state index in [9.17, 15) is 4.79 Å². The van der Waals surface area contributed by atoms with Gasteiger partial charge in [-0.05, 0) is 48.1 Å². The van der Waals surface area contributed by atoms with E-state index < -0.39 is 0 Å². The van der Waals surface area contributed by atoms with Gasteiger partial charge in [0, 0.05) is 47.2 Å². The number of rotatable bonds is 11. The summed E-state index contributed by atoms with van der Waals surface area (Å²) < 4.78 is 26.2. The lowest BCUT2D eigenvalue weighted by Crippen LogP contribution is -2.10. The van der Waals surface area contributed by atoms with Crippen molar-refractivity contribution in [3.8, 4) is 16.9 Å². The summed E-state index contributed by atoms with van der Waals surface area (Å²) in [6, 6.07) is 16.3. The van der Waals surface area contributed by atoms with Gasteiger partial charge < -0.3 is 25.9 Å². The maximum absolute atomic E-state index is 15.3. The number of methoxy groups -OCH3 is 1. The molecule has 0 amide bonds. The maximum atomic E-state index is 15.3. The number of ether oxygens (including phenoxy) is 2. The van der Waals surface area contributed by atoms with Crippen LogP contribution in [0.2, 0.25) is 0 Å². The van der Waals surface area contributed by atoms with Crippen molar-refractivity contribution in [2.24, 2.45) is 11.7 Å². The fourth-order valence-electron chi connectivity index (χ4n) is 4.02. The summed E-state index contributed by atoms with van der Waals surface area (Å²) in [7, 11) is 1.35. The first-order chi connectivity index (χ1) is 17.0. The van der Waals surface area contributed by atoms with E-state index in [4.69, 9.17) is 20.6 Å². The minimum atomic E-state index is -0.382. The first-order valence-corrected chi connectivity index (χ1v) is 11.7. The number of nitrogens with two attached hydrogens (primary N) is 1. The van der Waals surface area contributed by atoms with Gasteiger partial charge in [-0.15, -0.1) is 0 Å². The second-order valence-corrected chi connectivity index (χ2v) is 8.71. The van der Waals surface area contributed by atoms with Crippen LogP contribution in [0.1, 0.15) is 35.1 Å². The summed E-state index contributed by atoms with van der Waals surface area (Å²) in [5.41, 5.74) is 10.1. The maximum Gasteiger partial charge on any atom is 0.310 e. The summed E-state index contributed by atoms with van der Waals surface area (Å²) in [4.78, 5) is 11.8. The van der Waals surface area contributed by atoms with Crippen molar-refractivity contribution in [1.29, 1.82) is 5.41 Å². The van der Waals surface area contributed by atoms with Crippen LogP contribution >= 0.6 is 0 Å². The Bertz CT molecular complexity index is 1220. The molecule has 4 N–H and O–H groups in total. The zero-order chi connectivity index (χ0) is 24.8. The molecule has 4 rings (SSSR count). The normalized spacial score (nSPS) is 12.8. The standard InChI is InChI=1S/C28H30FN3O3/c1-34-27(33)13-20-5-2-3-8-26(20)35-17-19-11-23(22-7-4-6-21(14-30)28(22)29)24(15-31)25(12-19)32-16-18-9-10-18/h2-8,11-12,15,18,31-32H,9-10,13-14,16-17,30H2,1H3. The largest absolute Gasteiger partial charge is 0.489 e. The molecule has 0 aromatic heterocycles. The topological polar surface area (TPSA) is 97.4 Å². The Balaban J connectivity index is 1.70. The van der Waals surface area contributed by atoms with Crippen molar-refractivity contribution >= 4 is 17.9 Å². The quantitative estimate of drug-likeness (QED) is 0.266. The van der Waals surface area contributed by atoms with Crippen LogP contribution in [-0.2, 0) is 29.1 Å². The Hall–Kier alpha value is -3.71. The number of carbonyl (C=O) groups is 1. The first-order valence-electron chi connectivity index (χ1n) is 11.7. The van der Waals surface area contributed by atoms with E-state index in [1.54, 1.807) is 18.2 Å². The van der Waals surface area contributed by atoms with Crippen molar-refractivity contribution in [2.75, 3.05) is 19.0 Å². The van der Waals surface area contributed by atoms with Crippen molar-refractivity contribution in [3.63, 3.8) is 0 Å². The van der Waals surface area contributed by atoms with E-state index in [1.165, 1.54) is 26.2 Å². The van der Waals surface area contributed by atoms with Gasteiger partial charge in [-0.3, -0.25) is 4.79 Å². The molecule has 182 valence electrons. The predicted molar refractivity (Wildman–Crippen MR) is 135 cm³/mol. The lowest BCUT2D eigenvalue weighted by Gasteiger charge is -2.18. The van der Waals surface area contributed by atoms with Crippen LogP contribution < -0.4 is 15.8 Å². The van der Waals surface area contributed by atoms with Crippen LogP contribution in [0.3, 0.4) is 0 Å². The summed E-state index contributed by atoms with van der Waals surface area (Å²) in [5.74, 6) is 0.479. The van der Waals surface area contributed by atoms with Crippen molar-refractivity contribution in [2.45, 2.75) is 32.4 Å². The highest BCUT2D eigenvalue weighted by molar-refractivity contribution is 5.96. The van der Waals surface area contributed by atoms with Gasteiger partial charge in [-0.25, -0.2) is 4.39 Å². The van der Waals surface area contributed by atoms with Gasteiger partial charge in [0.2, 0.25) is 0 Å². The minimum Gasteiger partial charge on any atom is -0.489 e. The molecule has 6 nitrogen and oxygen atoms in total. The average Bonchev–Trinajstić information content (AvgIpc) is 3.71. The van der Waals surface area contributed by atoms with Crippen molar-refractivity contribution in [1.82, 2.24) is 0 Å². The van der Waals surface area contributed by atoms with E-state index in [0.29, 0.717) is 33.9 Å². The zero-order valence-electron chi connectivity index (χ0n) is 19.8. The van der Waals surface area contributed by atoms with Gasteiger partial charge >= 0.3 is 5.97 Å². The molecule has 0 radical (unpaired) electrons. The van der Waals surface area contributed by atoms with Gasteiger partial charge in [0.25, 0.3) is 0 Å². The van der Waals surface area contributed by atoms with E-state index in [2.05, 4.69) is 5.32 Å². The fraction of sp³-hybridized carbons (Fsp3) is 0.286. The summed E-state index contributed by atoms with van der Waals surface area (Å²) >= 11 is 0. The molecular formula is C28H30FN3O3. The molecule has 0 spiro atoms. The number of hydrogen-bond donors (Lipinski definition) is 3. The molecule has 0 atom stereocenters. The highest BCUT2D eigenvalue weighted by atomic mass is 19.1. The number of hydrogen-bond acceptors (Lipinski definition) is 6. The molecule has 7 heteroatoms.